The lowest BCUT2D eigenvalue weighted by molar-refractivity contribution is 0.103. The molecule has 0 bridgehead atoms. The first kappa shape index (κ1) is 26.4. The molecule has 1 aliphatic rings. The third kappa shape index (κ3) is 5.22. The lowest BCUT2D eigenvalue weighted by Crippen LogP contribution is -2.11. The zero-order valence-electron chi connectivity index (χ0n) is 20.7. The van der Waals surface area contributed by atoms with Crippen LogP contribution in [0.25, 0.3) is 21.2 Å². The van der Waals surface area contributed by atoms with Crippen molar-refractivity contribution in [2.45, 2.75) is 38.5 Å². The van der Waals surface area contributed by atoms with Crippen LogP contribution in [-0.2, 0) is 6.42 Å². The molecule has 196 valence electrons. The normalized spacial score (nSPS) is 14.7. The molecule has 0 N–H and O–H groups in total. The number of rotatable bonds is 7. The van der Waals surface area contributed by atoms with Crippen LogP contribution in [0.1, 0.15) is 47.3 Å². The number of nitrogens with zero attached hydrogens (tertiary/aromatic N) is 1. The molecule has 3 nitrogen and oxygen atoms in total. The molecule has 38 heavy (non-hydrogen) atoms. The van der Waals surface area contributed by atoms with Gasteiger partial charge in [-0.3, -0.25) is 4.79 Å². The van der Waals surface area contributed by atoms with Gasteiger partial charge in [-0.05, 0) is 66.3 Å². The van der Waals surface area contributed by atoms with E-state index in [1.807, 2.05) is 6.08 Å². The first-order valence-electron chi connectivity index (χ1n) is 12.5. The summed E-state index contributed by atoms with van der Waals surface area (Å²) in [5.41, 5.74) is 2.07. The summed E-state index contributed by atoms with van der Waals surface area (Å²) in [6.45, 7) is 0. The maximum Gasteiger partial charge on any atom is 0.220 e. The number of carbonyl (C=O) groups excluding carboxylic acids is 1. The maximum atomic E-state index is 14.5. The highest BCUT2D eigenvalue weighted by Crippen LogP contribution is 2.41. The maximum absolute atomic E-state index is 14.5. The van der Waals surface area contributed by atoms with Crippen molar-refractivity contribution in [2.75, 3.05) is 7.11 Å². The second-order valence-electron chi connectivity index (χ2n) is 9.44. The van der Waals surface area contributed by atoms with Crippen LogP contribution in [0, 0.1) is 23.5 Å². The zero-order chi connectivity index (χ0) is 26.8. The molecule has 0 radical (unpaired) electrons. The van der Waals surface area contributed by atoms with E-state index in [1.165, 1.54) is 13.3 Å². The smallest absolute Gasteiger partial charge is 0.220 e. The SMILES string of the molecule is COc1ccc(-c2cccnc2F)cc1C/C(=C\C1CCCCC1)C(=O)c1sc2c(F)ccc(F)c2c1Cl. The van der Waals surface area contributed by atoms with E-state index in [4.69, 9.17) is 16.3 Å². The van der Waals surface area contributed by atoms with Crippen molar-refractivity contribution in [3.05, 3.63) is 93.4 Å². The largest absolute Gasteiger partial charge is 0.496 e. The number of carbonyl (C=O) groups is 1. The van der Waals surface area contributed by atoms with Crippen molar-refractivity contribution in [3.63, 3.8) is 0 Å². The molecule has 1 fully saturated rings. The summed E-state index contributed by atoms with van der Waals surface area (Å²) in [5, 5.41) is -0.164. The highest BCUT2D eigenvalue weighted by atomic mass is 35.5. The fourth-order valence-corrected chi connectivity index (χ4v) is 6.61. The number of hydrogen-bond acceptors (Lipinski definition) is 4. The van der Waals surface area contributed by atoms with Crippen LogP contribution in [0.15, 0.2) is 60.3 Å². The van der Waals surface area contributed by atoms with E-state index in [9.17, 15) is 18.0 Å². The van der Waals surface area contributed by atoms with E-state index in [0.29, 0.717) is 28.0 Å². The number of aromatic nitrogens is 1. The van der Waals surface area contributed by atoms with Crippen molar-refractivity contribution in [1.82, 2.24) is 4.98 Å². The standard InChI is InChI=1S/C30H25ClF3NO2S/c1-37-24-12-9-18(21-8-5-13-35-30(21)34)15-19(24)16-20(14-17-6-3-2-4-7-17)27(36)29-26(31)25-22(32)10-11-23(33)28(25)38-29/h5,8-15,17H,2-4,6-7,16H2,1H3/b20-14+. The Morgan fingerprint density at radius 1 is 1.11 bits per heavy atom. The van der Waals surface area contributed by atoms with Gasteiger partial charge < -0.3 is 4.74 Å². The Labute approximate surface area is 227 Å². The molecular formula is C30H25ClF3NO2S. The topological polar surface area (TPSA) is 39.2 Å². The van der Waals surface area contributed by atoms with Gasteiger partial charge in [-0.2, -0.15) is 4.39 Å². The molecule has 0 aliphatic heterocycles. The van der Waals surface area contributed by atoms with Gasteiger partial charge in [0, 0.05) is 23.8 Å². The third-order valence-electron chi connectivity index (χ3n) is 7.00. The van der Waals surface area contributed by atoms with Gasteiger partial charge in [0.15, 0.2) is 0 Å². The average molecular weight is 556 g/mol. The molecule has 2 heterocycles. The molecule has 8 heteroatoms. The second kappa shape index (κ2) is 11.3. The van der Waals surface area contributed by atoms with Gasteiger partial charge in [0.2, 0.25) is 11.7 Å². The van der Waals surface area contributed by atoms with Crippen molar-refractivity contribution in [1.29, 1.82) is 0 Å². The van der Waals surface area contributed by atoms with Crippen molar-refractivity contribution in [3.8, 4) is 16.9 Å². The quantitative estimate of drug-likeness (QED) is 0.130. The van der Waals surface area contributed by atoms with Gasteiger partial charge in [0.25, 0.3) is 0 Å². The highest BCUT2D eigenvalue weighted by Gasteiger charge is 2.26. The number of hydrogen-bond donors (Lipinski definition) is 0. The van der Waals surface area contributed by atoms with Crippen LogP contribution in [0.2, 0.25) is 5.02 Å². The van der Waals surface area contributed by atoms with E-state index < -0.39 is 17.6 Å². The summed E-state index contributed by atoms with van der Waals surface area (Å²) >= 11 is 7.34. The van der Waals surface area contributed by atoms with Gasteiger partial charge in [-0.25, -0.2) is 13.8 Å². The van der Waals surface area contributed by atoms with E-state index in [1.54, 1.807) is 30.3 Å². The van der Waals surface area contributed by atoms with Crippen LogP contribution in [0.4, 0.5) is 13.2 Å². The van der Waals surface area contributed by atoms with Crippen LogP contribution in [-0.4, -0.2) is 17.9 Å². The molecule has 0 amide bonds. The Morgan fingerprint density at radius 3 is 2.58 bits per heavy atom. The van der Waals surface area contributed by atoms with Crippen LogP contribution in [0.3, 0.4) is 0 Å². The molecule has 4 aromatic rings. The van der Waals surface area contributed by atoms with Gasteiger partial charge >= 0.3 is 0 Å². The first-order valence-corrected chi connectivity index (χ1v) is 13.7. The summed E-state index contributed by atoms with van der Waals surface area (Å²) in [5.74, 6) is -1.53. The second-order valence-corrected chi connectivity index (χ2v) is 10.8. The molecule has 5 rings (SSSR count). The molecule has 2 aromatic heterocycles. The minimum atomic E-state index is -0.674. The van der Waals surface area contributed by atoms with Gasteiger partial charge in [-0.15, -0.1) is 11.3 Å². The summed E-state index contributed by atoms with van der Waals surface area (Å²) in [6.07, 6.45) is 8.75. The molecular weight excluding hydrogens is 531 g/mol. The molecule has 2 aromatic carbocycles. The fourth-order valence-electron chi connectivity index (χ4n) is 5.08. The number of halogens is 4. The third-order valence-corrected chi connectivity index (χ3v) is 8.68. The molecule has 1 saturated carbocycles. The molecule has 0 spiro atoms. The predicted octanol–water partition coefficient (Wildman–Crippen LogP) is 8.97. The molecule has 0 atom stereocenters. The van der Waals surface area contributed by atoms with Gasteiger partial charge in [-0.1, -0.05) is 43.0 Å². The Balaban J connectivity index is 1.59. The number of ether oxygens (including phenoxy) is 1. The van der Waals surface area contributed by atoms with Crippen molar-refractivity contribution >= 4 is 38.8 Å². The summed E-state index contributed by atoms with van der Waals surface area (Å²) in [6, 6.07) is 10.6. The lowest BCUT2D eigenvalue weighted by Gasteiger charge is -2.20. The predicted molar refractivity (Wildman–Crippen MR) is 146 cm³/mol. The van der Waals surface area contributed by atoms with Crippen LogP contribution in [0.5, 0.6) is 5.75 Å². The van der Waals surface area contributed by atoms with E-state index in [-0.39, 0.29) is 38.1 Å². The van der Waals surface area contributed by atoms with Gasteiger partial charge in [0.1, 0.15) is 17.4 Å². The number of fused-ring (bicyclic) bond motifs is 1. The zero-order valence-corrected chi connectivity index (χ0v) is 22.3. The van der Waals surface area contributed by atoms with E-state index in [2.05, 4.69) is 4.98 Å². The average Bonchev–Trinajstić information content (AvgIpc) is 3.29. The number of allylic oxidation sites excluding steroid dienone is 2. The number of Topliss-reactive ketones (excluding diaryl/α,β-unsaturated/α-hetero) is 1. The molecule has 1 aliphatic carbocycles. The Kier molecular flexibility index (Phi) is 7.86. The van der Waals surface area contributed by atoms with Gasteiger partial charge in [0.05, 0.1) is 27.1 Å². The number of thiophene rings is 1. The van der Waals surface area contributed by atoms with Crippen LogP contribution < -0.4 is 4.74 Å². The minimum absolute atomic E-state index is 0.0157. The Bertz CT molecular complexity index is 1540. The van der Waals surface area contributed by atoms with E-state index in [0.717, 1.165) is 55.6 Å². The lowest BCUT2D eigenvalue weighted by atomic mass is 9.85. The Morgan fingerprint density at radius 2 is 1.87 bits per heavy atom. The van der Waals surface area contributed by atoms with Crippen LogP contribution >= 0.6 is 22.9 Å². The summed E-state index contributed by atoms with van der Waals surface area (Å²) < 4.78 is 49.1. The minimum Gasteiger partial charge on any atom is -0.496 e. The highest BCUT2D eigenvalue weighted by molar-refractivity contribution is 7.21. The fraction of sp³-hybridized carbons (Fsp3) is 0.267. The number of pyridine rings is 1. The molecule has 0 unspecified atom stereocenters. The number of methoxy groups -OCH3 is 1. The van der Waals surface area contributed by atoms with Crippen molar-refractivity contribution < 1.29 is 22.7 Å². The summed E-state index contributed by atoms with van der Waals surface area (Å²) in [7, 11) is 1.53. The van der Waals surface area contributed by atoms with Crippen molar-refractivity contribution in [2.24, 2.45) is 5.92 Å². The monoisotopic (exact) mass is 555 g/mol. The Hall–Kier alpha value is -3.16. The number of ketones is 1. The number of benzene rings is 2. The summed E-state index contributed by atoms with van der Waals surface area (Å²) in [4.78, 5) is 17.8. The van der Waals surface area contributed by atoms with E-state index >= 15 is 0 Å². The molecule has 0 saturated heterocycles. The first-order chi connectivity index (χ1) is 18.4.